The molecular formula is C16H14ClNO4. The lowest BCUT2D eigenvalue weighted by Gasteiger charge is -2.10. The molecule has 0 saturated carbocycles. The molecule has 114 valence electrons. The number of aromatic carboxylic acids is 1. The lowest BCUT2D eigenvalue weighted by atomic mass is 10.2. The van der Waals surface area contributed by atoms with Crippen LogP contribution in [0.15, 0.2) is 42.5 Å². The van der Waals surface area contributed by atoms with Crippen molar-refractivity contribution in [1.29, 1.82) is 0 Å². The first-order chi connectivity index (χ1) is 10.5. The van der Waals surface area contributed by atoms with E-state index in [1.807, 2.05) is 6.92 Å². The van der Waals surface area contributed by atoms with E-state index in [1.165, 1.54) is 12.1 Å². The third-order valence-corrected chi connectivity index (χ3v) is 3.35. The number of rotatable bonds is 5. The second-order valence-corrected chi connectivity index (χ2v) is 5.01. The molecule has 0 bridgehead atoms. The third kappa shape index (κ3) is 3.99. The molecule has 0 saturated heterocycles. The Morgan fingerprint density at radius 2 is 1.95 bits per heavy atom. The average Bonchev–Trinajstić information content (AvgIpc) is 2.49. The van der Waals surface area contributed by atoms with Crippen molar-refractivity contribution in [3.05, 3.63) is 58.6 Å². The average molecular weight is 320 g/mol. The van der Waals surface area contributed by atoms with Crippen LogP contribution in [0.3, 0.4) is 0 Å². The van der Waals surface area contributed by atoms with Crippen molar-refractivity contribution in [1.82, 2.24) is 0 Å². The van der Waals surface area contributed by atoms with E-state index in [1.54, 1.807) is 30.3 Å². The highest BCUT2D eigenvalue weighted by Gasteiger charge is 2.12. The summed E-state index contributed by atoms with van der Waals surface area (Å²) in [6, 6.07) is 11.3. The van der Waals surface area contributed by atoms with Gasteiger partial charge >= 0.3 is 5.97 Å². The van der Waals surface area contributed by atoms with Crippen LogP contribution >= 0.6 is 11.6 Å². The predicted octanol–water partition coefficient (Wildman–Crippen LogP) is 3.36. The Morgan fingerprint density at radius 1 is 1.23 bits per heavy atom. The molecule has 0 radical (unpaired) electrons. The van der Waals surface area contributed by atoms with Crippen LogP contribution in [-0.4, -0.2) is 23.6 Å². The highest BCUT2D eigenvalue weighted by Crippen LogP contribution is 2.21. The van der Waals surface area contributed by atoms with Gasteiger partial charge in [0.05, 0.1) is 11.3 Å². The summed E-state index contributed by atoms with van der Waals surface area (Å²) in [4.78, 5) is 22.9. The fourth-order valence-corrected chi connectivity index (χ4v) is 1.95. The zero-order valence-corrected chi connectivity index (χ0v) is 12.6. The Morgan fingerprint density at radius 3 is 2.64 bits per heavy atom. The van der Waals surface area contributed by atoms with Gasteiger partial charge in [0.25, 0.3) is 5.91 Å². The molecule has 1 amide bonds. The first kappa shape index (κ1) is 15.9. The molecule has 0 aliphatic rings. The molecule has 22 heavy (non-hydrogen) atoms. The van der Waals surface area contributed by atoms with Crippen LogP contribution < -0.4 is 10.1 Å². The summed E-state index contributed by atoms with van der Waals surface area (Å²) in [5.74, 6) is -1.09. The van der Waals surface area contributed by atoms with E-state index >= 15 is 0 Å². The normalized spacial score (nSPS) is 10.1. The minimum atomic E-state index is -1.11. The van der Waals surface area contributed by atoms with Crippen molar-refractivity contribution in [2.75, 3.05) is 11.9 Å². The van der Waals surface area contributed by atoms with Crippen LogP contribution in [0.1, 0.15) is 15.9 Å². The summed E-state index contributed by atoms with van der Waals surface area (Å²) in [7, 11) is 0. The van der Waals surface area contributed by atoms with E-state index in [0.29, 0.717) is 10.8 Å². The number of nitrogens with one attached hydrogen (secondary N) is 1. The number of para-hydroxylation sites is 1. The van der Waals surface area contributed by atoms with E-state index < -0.39 is 11.9 Å². The number of hydrogen-bond donors (Lipinski definition) is 2. The van der Waals surface area contributed by atoms with Gasteiger partial charge in [0, 0.05) is 5.02 Å². The van der Waals surface area contributed by atoms with E-state index in [4.69, 9.17) is 21.4 Å². The van der Waals surface area contributed by atoms with Gasteiger partial charge in [0.15, 0.2) is 6.61 Å². The summed E-state index contributed by atoms with van der Waals surface area (Å²) < 4.78 is 5.33. The molecule has 6 heteroatoms. The first-order valence-corrected chi connectivity index (χ1v) is 6.86. The summed E-state index contributed by atoms with van der Waals surface area (Å²) >= 11 is 5.97. The van der Waals surface area contributed by atoms with Crippen molar-refractivity contribution in [3.8, 4) is 5.75 Å². The maximum atomic E-state index is 11.9. The maximum Gasteiger partial charge on any atom is 0.337 e. The Bertz CT molecular complexity index is 715. The lowest BCUT2D eigenvalue weighted by Crippen LogP contribution is -2.21. The van der Waals surface area contributed by atoms with E-state index in [0.717, 1.165) is 5.56 Å². The van der Waals surface area contributed by atoms with Crippen LogP contribution in [0.2, 0.25) is 5.02 Å². The highest BCUT2D eigenvalue weighted by molar-refractivity contribution is 6.31. The highest BCUT2D eigenvalue weighted by atomic mass is 35.5. The molecule has 2 aromatic rings. The zero-order valence-electron chi connectivity index (χ0n) is 11.8. The molecule has 0 unspecified atom stereocenters. The quantitative estimate of drug-likeness (QED) is 0.886. The van der Waals surface area contributed by atoms with E-state index in [9.17, 15) is 9.59 Å². The van der Waals surface area contributed by atoms with E-state index in [2.05, 4.69) is 5.32 Å². The van der Waals surface area contributed by atoms with Crippen LogP contribution in [0.5, 0.6) is 5.75 Å². The van der Waals surface area contributed by atoms with Crippen molar-refractivity contribution in [3.63, 3.8) is 0 Å². The minimum Gasteiger partial charge on any atom is -0.484 e. The van der Waals surface area contributed by atoms with Crippen molar-refractivity contribution in [2.45, 2.75) is 6.92 Å². The molecule has 0 atom stereocenters. The molecule has 2 aromatic carbocycles. The van der Waals surface area contributed by atoms with Gasteiger partial charge in [-0.25, -0.2) is 4.79 Å². The van der Waals surface area contributed by atoms with Crippen LogP contribution in [-0.2, 0) is 4.79 Å². The number of anilines is 1. The van der Waals surface area contributed by atoms with Crippen molar-refractivity contribution < 1.29 is 19.4 Å². The largest absolute Gasteiger partial charge is 0.484 e. The number of amides is 1. The third-order valence-electron chi connectivity index (χ3n) is 2.94. The number of halogens is 1. The van der Waals surface area contributed by atoms with Gasteiger partial charge in [-0.3, -0.25) is 4.79 Å². The maximum absolute atomic E-state index is 11.9. The Hall–Kier alpha value is -2.53. The monoisotopic (exact) mass is 319 g/mol. The number of carbonyl (C=O) groups excluding carboxylic acids is 1. The topological polar surface area (TPSA) is 75.6 Å². The number of carboxylic acids is 1. The zero-order chi connectivity index (χ0) is 16.1. The van der Waals surface area contributed by atoms with Gasteiger partial charge in [0.1, 0.15) is 5.75 Å². The number of hydrogen-bond acceptors (Lipinski definition) is 3. The summed E-state index contributed by atoms with van der Waals surface area (Å²) in [5.41, 5.74) is 1.16. The van der Waals surface area contributed by atoms with Gasteiger partial charge in [-0.1, -0.05) is 29.8 Å². The molecule has 5 nitrogen and oxygen atoms in total. The van der Waals surface area contributed by atoms with Gasteiger partial charge in [0.2, 0.25) is 0 Å². The van der Waals surface area contributed by atoms with Crippen LogP contribution in [0.25, 0.3) is 0 Å². The Balaban J connectivity index is 1.99. The summed E-state index contributed by atoms with van der Waals surface area (Å²) in [5, 5.41) is 12.1. The Labute approximate surface area is 132 Å². The fourth-order valence-electron chi connectivity index (χ4n) is 1.78. The number of ether oxygens (including phenoxy) is 1. The number of aryl methyl sites for hydroxylation is 1. The minimum absolute atomic E-state index is 0.0224. The van der Waals surface area contributed by atoms with Crippen molar-refractivity contribution >= 4 is 29.2 Å². The van der Waals surface area contributed by atoms with E-state index in [-0.39, 0.29) is 17.9 Å². The number of benzene rings is 2. The lowest BCUT2D eigenvalue weighted by molar-refractivity contribution is -0.118. The first-order valence-electron chi connectivity index (χ1n) is 6.48. The summed E-state index contributed by atoms with van der Waals surface area (Å²) in [6.45, 7) is 1.62. The molecule has 0 aliphatic heterocycles. The van der Waals surface area contributed by atoms with Crippen molar-refractivity contribution in [2.24, 2.45) is 0 Å². The second kappa shape index (κ2) is 6.95. The smallest absolute Gasteiger partial charge is 0.337 e. The fraction of sp³-hybridized carbons (Fsp3) is 0.125. The standard InChI is InChI=1S/C16H14ClNO4/c1-10-6-7-11(8-13(10)17)22-9-15(19)18-14-5-3-2-4-12(14)16(20)21/h2-8H,9H2,1H3,(H,18,19)(H,20,21). The SMILES string of the molecule is Cc1ccc(OCC(=O)Nc2ccccc2C(=O)O)cc1Cl. The van der Waals surface area contributed by atoms with Crippen LogP contribution in [0, 0.1) is 6.92 Å². The number of carboxylic acid groups (broad SMARTS) is 1. The molecule has 0 heterocycles. The Kier molecular flexibility index (Phi) is 5.01. The summed E-state index contributed by atoms with van der Waals surface area (Å²) in [6.07, 6.45) is 0. The van der Waals surface area contributed by atoms with Crippen LogP contribution in [0.4, 0.5) is 5.69 Å². The molecule has 2 rings (SSSR count). The second-order valence-electron chi connectivity index (χ2n) is 4.60. The molecule has 0 aliphatic carbocycles. The molecular weight excluding hydrogens is 306 g/mol. The molecule has 0 aromatic heterocycles. The molecule has 0 fully saturated rings. The number of carbonyl (C=O) groups is 2. The van der Waals surface area contributed by atoms with Gasteiger partial charge in [-0.2, -0.15) is 0 Å². The van der Waals surface area contributed by atoms with Gasteiger partial charge in [-0.15, -0.1) is 0 Å². The predicted molar refractivity (Wildman–Crippen MR) is 83.7 cm³/mol. The van der Waals surface area contributed by atoms with Gasteiger partial charge < -0.3 is 15.2 Å². The molecule has 0 spiro atoms. The molecule has 2 N–H and O–H groups in total. The van der Waals surface area contributed by atoms with Gasteiger partial charge in [-0.05, 0) is 36.8 Å².